The summed E-state index contributed by atoms with van der Waals surface area (Å²) >= 11 is 0. The zero-order chi connectivity index (χ0) is 13.7. The van der Waals surface area contributed by atoms with Crippen LogP contribution in [0.25, 0.3) is 0 Å². The summed E-state index contributed by atoms with van der Waals surface area (Å²) in [5.41, 5.74) is 4.53. The second-order valence-corrected chi connectivity index (χ2v) is 4.76. The first kappa shape index (κ1) is 13.7. The number of nitrogens with one attached hydrogen (secondary N) is 1. The molecule has 2 aromatic heterocycles. The maximum atomic E-state index is 4.56. The molecular weight excluding hydrogens is 234 g/mol. The molecule has 0 saturated carbocycles. The first-order chi connectivity index (χ1) is 9.20. The van der Waals surface area contributed by atoms with Crippen molar-refractivity contribution < 1.29 is 0 Å². The van der Waals surface area contributed by atoms with Crippen molar-refractivity contribution in [3.05, 3.63) is 59.2 Å². The van der Waals surface area contributed by atoms with E-state index in [9.17, 15) is 0 Å². The Bertz CT molecular complexity index is 523. The van der Waals surface area contributed by atoms with Crippen LogP contribution in [0, 0.1) is 13.8 Å². The van der Waals surface area contributed by atoms with Gasteiger partial charge in [0.1, 0.15) is 0 Å². The van der Waals surface area contributed by atoms with E-state index >= 15 is 0 Å². The summed E-state index contributed by atoms with van der Waals surface area (Å²) in [5.74, 6) is 0. The first-order valence-corrected chi connectivity index (χ1v) is 6.78. The highest BCUT2D eigenvalue weighted by Crippen LogP contribution is 2.20. The van der Waals surface area contributed by atoms with Crippen LogP contribution in [0.4, 0.5) is 0 Å². The van der Waals surface area contributed by atoms with E-state index in [1.807, 2.05) is 25.3 Å². The minimum Gasteiger partial charge on any atom is -0.310 e. The van der Waals surface area contributed by atoms with E-state index in [0.29, 0.717) is 0 Å². The molecular formula is C16H21N3. The molecule has 0 spiro atoms. The highest BCUT2D eigenvalue weighted by Gasteiger charge is 2.14. The van der Waals surface area contributed by atoms with Gasteiger partial charge in [0, 0.05) is 35.7 Å². The lowest BCUT2D eigenvalue weighted by Crippen LogP contribution is -2.24. The molecule has 1 N–H and O–H groups in total. The van der Waals surface area contributed by atoms with E-state index in [0.717, 1.165) is 30.0 Å². The van der Waals surface area contributed by atoms with Crippen LogP contribution in [0.5, 0.6) is 0 Å². The Labute approximate surface area is 115 Å². The van der Waals surface area contributed by atoms with Gasteiger partial charge >= 0.3 is 0 Å². The SMILES string of the molecule is CCNC(Cc1ccccn1)c1ccc(C)nc1C. The second kappa shape index (κ2) is 6.43. The molecule has 0 amide bonds. The first-order valence-electron chi connectivity index (χ1n) is 6.78. The van der Waals surface area contributed by atoms with Crippen molar-refractivity contribution in [3.8, 4) is 0 Å². The molecule has 1 unspecified atom stereocenters. The zero-order valence-electron chi connectivity index (χ0n) is 11.9. The van der Waals surface area contributed by atoms with Gasteiger partial charge in [-0.2, -0.15) is 0 Å². The average molecular weight is 255 g/mol. The lowest BCUT2D eigenvalue weighted by atomic mass is 10.00. The Morgan fingerprint density at radius 3 is 2.63 bits per heavy atom. The Morgan fingerprint density at radius 1 is 1.16 bits per heavy atom. The number of likely N-dealkylation sites (N-methyl/N-ethyl adjacent to an activating group) is 1. The molecule has 0 saturated heterocycles. The third-order valence-electron chi connectivity index (χ3n) is 3.23. The van der Waals surface area contributed by atoms with Crippen molar-refractivity contribution in [1.29, 1.82) is 0 Å². The fraction of sp³-hybridized carbons (Fsp3) is 0.375. The number of aromatic nitrogens is 2. The summed E-state index contributed by atoms with van der Waals surface area (Å²) in [5, 5.41) is 3.53. The molecule has 0 aliphatic heterocycles. The number of nitrogens with zero attached hydrogens (tertiary/aromatic N) is 2. The monoisotopic (exact) mass is 255 g/mol. The van der Waals surface area contributed by atoms with Gasteiger partial charge in [-0.05, 0) is 44.2 Å². The molecule has 0 aromatic carbocycles. The van der Waals surface area contributed by atoms with Gasteiger partial charge in [-0.1, -0.05) is 19.1 Å². The summed E-state index contributed by atoms with van der Waals surface area (Å²) in [6, 6.07) is 10.6. The Hall–Kier alpha value is -1.74. The van der Waals surface area contributed by atoms with Crippen molar-refractivity contribution in [1.82, 2.24) is 15.3 Å². The smallest absolute Gasteiger partial charge is 0.0423 e. The van der Waals surface area contributed by atoms with Gasteiger partial charge in [-0.15, -0.1) is 0 Å². The molecule has 0 aliphatic carbocycles. The Balaban J connectivity index is 2.24. The van der Waals surface area contributed by atoms with Crippen LogP contribution in [0.3, 0.4) is 0 Å². The van der Waals surface area contributed by atoms with Crippen LogP contribution in [0.2, 0.25) is 0 Å². The minimum absolute atomic E-state index is 0.271. The topological polar surface area (TPSA) is 37.8 Å². The lowest BCUT2D eigenvalue weighted by molar-refractivity contribution is 0.539. The third kappa shape index (κ3) is 3.61. The number of rotatable bonds is 5. The van der Waals surface area contributed by atoms with Crippen LogP contribution >= 0.6 is 0 Å². The summed E-state index contributed by atoms with van der Waals surface area (Å²) < 4.78 is 0. The van der Waals surface area contributed by atoms with E-state index in [2.05, 4.69) is 47.3 Å². The quantitative estimate of drug-likeness (QED) is 0.892. The van der Waals surface area contributed by atoms with Crippen LogP contribution in [-0.2, 0) is 6.42 Å². The molecule has 0 aliphatic rings. The van der Waals surface area contributed by atoms with E-state index in [1.165, 1.54) is 5.56 Å². The van der Waals surface area contributed by atoms with Crippen molar-refractivity contribution in [3.63, 3.8) is 0 Å². The predicted molar refractivity (Wildman–Crippen MR) is 78.1 cm³/mol. The highest BCUT2D eigenvalue weighted by atomic mass is 14.9. The summed E-state index contributed by atoms with van der Waals surface area (Å²) in [4.78, 5) is 8.97. The lowest BCUT2D eigenvalue weighted by Gasteiger charge is -2.20. The number of hydrogen-bond acceptors (Lipinski definition) is 3. The van der Waals surface area contributed by atoms with Gasteiger partial charge in [0.05, 0.1) is 0 Å². The zero-order valence-corrected chi connectivity index (χ0v) is 11.9. The van der Waals surface area contributed by atoms with Crippen LogP contribution in [0.1, 0.15) is 35.6 Å². The molecule has 0 radical (unpaired) electrons. The molecule has 100 valence electrons. The minimum atomic E-state index is 0.271. The molecule has 1 atom stereocenters. The van der Waals surface area contributed by atoms with Crippen molar-refractivity contribution >= 4 is 0 Å². The predicted octanol–water partition coefficient (Wildman–Crippen LogP) is 2.99. The van der Waals surface area contributed by atoms with Crippen molar-refractivity contribution in [2.75, 3.05) is 6.54 Å². The van der Waals surface area contributed by atoms with Crippen molar-refractivity contribution in [2.24, 2.45) is 0 Å². The van der Waals surface area contributed by atoms with Crippen molar-refractivity contribution in [2.45, 2.75) is 33.2 Å². The standard InChI is InChI=1S/C16H21N3/c1-4-17-16(11-14-7-5-6-10-18-14)15-9-8-12(2)19-13(15)3/h5-10,16-17H,4,11H2,1-3H3. The van der Waals surface area contributed by atoms with E-state index in [1.54, 1.807) is 0 Å². The average Bonchev–Trinajstić information content (AvgIpc) is 2.39. The summed E-state index contributed by atoms with van der Waals surface area (Å²) in [7, 11) is 0. The third-order valence-corrected chi connectivity index (χ3v) is 3.23. The largest absolute Gasteiger partial charge is 0.310 e. The molecule has 19 heavy (non-hydrogen) atoms. The molecule has 3 nitrogen and oxygen atoms in total. The number of pyridine rings is 2. The Morgan fingerprint density at radius 2 is 2.00 bits per heavy atom. The van der Waals surface area contributed by atoms with E-state index in [4.69, 9.17) is 0 Å². The molecule has 0 fully saturated rings. The Kier molecular flexibility index (Phi) is 4.63. The number of hydrogen-bond donors (Lipinski definition) is 1. The van der Waals surface area contributed by atoms with Gasteiger partial charge in [0.15, 0.2) is 0 Å². The van der Waals surface area contributed by atoms with E-state index < -0.39 is 0 Å². The summed E-state index contributed by atoms with van der Waals surface area (Å²) in [6.45, 7) is 7.16. The maximum Gasteiger partial charge on any atom is 0.0423 e. The summed E-state index contributed by atoms with van der Waals surface area (Å²) in [6.07, 6.45) is 2.73. The second-order valence-electron chi connectivity index (χ2n) is 4.76. The van der Waals surface area contributed by atoms with Gasteiger partial charge in [0.25, 0.3) is 0 Å². The highest BCUT2D eigenvalue weighted by molar-refractivity contribution is 5.26. The molecule has 2 rings (SSSR count). The normalized spacial score (nSPS) is 12.4. The van der Waals surface area contributed by atoms with E-state index in [-0.39, 0.29) is 6.04 Å². The van der Waals surface area contributed by atoms with Crippen LogP contribution in [-0.4, -0.2) is 16.5 Å². The van der Waals surface area contributed by atoms with Gasteiger partial charge in [-0.25, -0.2) is 0 Å². The molecule has 3 heteroatoms. The molecule has 2 aromatic rings. The fourth-order valence-electron chi connectivity index (χ4n) is 2.33. The van der Waals surface area contributed by atoms with Crippen LogP contribution < -0.4 is 5.32 Å². The van der Waals surface area contributed by atoms with Gasteiger partial charge in [0.2, 0.25) is 0 Å². The number of aryl methyl sites for hydroxylation is 2. The molecule has 2 heterocycles. The van der Waals surface area contributed by atoms with Gasteiger partial charge < -0.3 is 5.32 Å². The fourth-order valence-corrected chi connectivity index (χ4v) is 2.33. The van der Waals surface area contributed by atoms with Crippen LogP contribution in [0.15, 0.2) is 36.5 Å². The maximum absolute atomic E-state index is 4.56. The van der Waals surface area contributed by atoms with Gasteiger partial charge in [-0.3, -0.25) is 9.97 Å². The molecule has 0 bridgehead atoms.